The highest BCUT2D eigenvalue weighted by Crippen LogP contribution is 2.40. The Morgan fingerprint density at radius 1 is 1.55 bits per heavy atom. The van der Waals surface area contributed by atoms with Crippen molar-refractivity contribution in [1.29, 1.82) is 0 Å². The number of aliphatic hydroxyl groups is 1. The first-order chi connectivity index (χ1) is 9.56. The number of hydrogen-bond acceptors (Lipinski definition) is 4. The highest BCUT2D eigenvalue weighted by atomic mass is 79.9. The number of fused-ring (bicyclic) bond motifs is 1. The smallest absolute Gasteiger partial charge is 0.246 e. The van der Waals surface area contributed by atoms with E-state index in [-0.39, 0.29) is 23.8 Å². The molecule has 1 amide bonds. The number of aliphatic hydroxyl groups excluding tert-OH is 1. The van der Waals surface area contributed by atoms with Crippen molar-refractivity contribution in [2.24, 2.45) is 0 Å². The number of benzene rings is 1. The second kappa shape index (κ2) is 6.93. The maximum absolute atomic E-state index is 12.0. The van der Waals surface area contributed by atoms with Gasteiger partial charge in [-0.3, -0.25) is 4.79 Å². The van der Waals surface area contributed by atoms with Crippen molar-refractivity contribution < 1.29 is 9.90 Å². The highest BCUT2D eigenvalue weighted by molar-refractivity contribution is 9.10. The lowest BCUT2D eigenvalue weighted by molar-refractivity contribution is -0.117. The van der Waals surface area contributed by atoms with Gasteiger partial charge in [0.15, 0.2) is 0 Å². The first-order valence-electron chi connectivity index (χ1n) is 6.72. The van der Waals surface area contributed by atoms with Gasteiger partial charge in [-0.1, -0.05) is 13.8 Å². The third-order valence-electron chi connectivity index (χ3n) is 3.12. The molecule has 1 aromatic carbocycles. The summed E-state index contributed by atoms with van der Waals surface area (Å²) in [6.07, 6.45) is 0.988. The van der Waals surface area contributed by atoms with Crippen LogP contribution in [-0.2, 0) is 4.79 Å². The first kappa shape index (κ1) is 15.8. The molecule has 2 rings (SSSR count). The van der Waals surface area contributed by atoms with E-state index in [9.17, 15) is 4.79 Å². The molecule has 2 atom stereocenters. The average Bonchev–Trinajstić information content (AvgIpc) is 2.72. The molecule has 0 saturated heterocycles. The minimum absolute atomic E-state index is 0.00212. The van der Waals surface area contributed by atoms with E-state index >= 15 is 0 Å². The summed E-state index contributed by atoms with van der Waals surface area (Å²) in [6.45, 7) is 4.98. The molecule has 0 aromatic heterocycles. The molecule has 0 radical (unpaired) electrons. The number of rotatable bonds is 6. The Morgan fingerprint density at radius 3 is 2.95 bits per heavy atom. The molecule has 110 valence electrons. The van der Waals surface area contributed by atoms with Crippen molar-refractivity contribution in [3.63, 3.8) is 0 Å². The summed E-state index contributed by atoms with van der Waals surface area (Å²) in [7, 11) is 0. The van der Waals surface area contributed by atoms with Gasteiger partial charge < -0.3 is 15.7 Å². The van der Waals surface area contributed by atoms with Crippen LogP contribution in [0.2, 0.25) is 0 Å². The molecule has 0 aliphatic carbocycles. The van der Waals surface area contributed by atoms with Crippen molar-refractivity contribution in [2.75, 3.05) is 18.5 Å². The van der Waals surface area contributed by atoms with Crippen LogP contribution in [0, 0.1) is 0 Å². The van der Waals surface area contributed by atoms with E-state index in [1.165, 1.54) is 0 Å². The second-order valence-corrected chi connectivity index (χ2v) is 7.19. The molecule has 20 heavy (non-hydrogen) atoms. The van der Waals surface area contributed by atoms with Gasteiger partial charge in [-0.25, -0.2) is 0 Å². The van der Waals surface area contributed by atoms with E-state index in [0.717, 1.165) is 33.6 Å². The predicted molar refractivity (Wildman–Crippen MR) is 86.2 cm³/mol. The summed E-state index contributed by atoms with van der Waals surface area (Å²) < 4.78 is 0.960. The molecular weight excluding hydrogens is 340 g/mol. The van der Waals surface area contributed by atoms with E-state index in [1.807, 2.05) is 19.1 Å². The van der Waals surface area contributed by atoms with Crippen molar-refractivity contribution >= 4 is 39.3 Å². The normalized spacial score (nSPS) is 18.8. The summed E-state index contributed by atoms with van der Waals surface area (Å²) in [5, 5.41) is 15.4. The lowest BCUT2D eigenvalue weighted by Crippen LogP contribution is -2.28. The van der Waals surface area contributed by atoms with Gasteiger partial charge >= 0.3 is 0 Å². The Hall–Kier alpha value is -0.560. The Labute approximate surface area is 131 Å². The minimum Gasteiger partial charge on any atom is -0.395 e. The maximum atomic E-state index is 12.0. The number of hydrogen-bond donors (Lipinski definition) is 3. The predicted octanol–water partition coefficient (Wildman–Crippen LogP) is 2.91. The molecule has 3 N–H and O–H groups in total. The lowest BCUT2D eigenvalue weighted by Gasteiger charge is -2.13. The molecule has 1 aliphatic heterocycles. The van der Waals surface area contributed by atoms with E-state index < -0.39 is 0 Å². The molecule has 4 nitrogen and oxygen atoms in total. The van der Waals surface area contributed by atoms with E-state index in [4.69, 9.17) is 5.11 Å². The fourth-order valence-electron chi connectivity index (χ4n) is 2.10. The summed E-state index contributed by atoms with van der Waals surface area (Å²) >= 11 is 5.14. The zero-order valence-corrected chi connectivity index (χ0v) is 14.0. The third-order valence-corrected chi connectivity index (χ3v) is 5.18. The second-order valence-electron chi connectivity index (χ2n) is 4.86. The largest absolute Gasteiger partial charge is 0.395 e. The Morgan fingerprint density at radius 2 is 2.30 bits per heavy atom. The SMILES string of the molecule is CCCNC1C(=O)Nc2cc(SC(C)CO)c(Br)cc21. The first-order valence-corrected chi connectivity index (χ1v) is 8.39. The molecule has 6 heteroatoms. The summed E-state index contributed by atoms with van der Waals surface area (Å²) in [5.41, 5.74) is 1.84. The van der Waals surface area contributed by atoms with Crippen LogP contribution in [0.25, 0.3) is 0 Å². The lowest BCUT2D eigenvalue weighted by atomic mass is 10.1. The van der Waals surface area contributed by atoms with Crippen molar-refractivity contribution in [1.82, 2.24) is 5.32 Å². The molecular formula is C14H19BrN2O2S. The number of carbonyl (C=O) groups excluding carboxylic acids is 1. The van der Waals surface area contributed by atoms with Crippen LogP contribution in [0.4, 0.5) is 5.69 Å². The van der Waals surface area contributed by atoms with Gasteiger partial charge in [-0.2, -0.15) is 0 Å². The molecule has 2 unspecified atom stereocenters. The highest BCUT2D eigenvalue weighted by Gasteiger charge is 2.31. The summed E-state index contributed by atoms with van der Waals surface area (Å²) in [5.74, 6) is -0.00212. The number of halogens is 1. The van der Waals surface area contributed by atoms with Crippen LogP contribution < -0.4 is 10.6 Å². The van der Waals surface area contributed by atoms with Crippen molar-refractivity contribution in [2.45, 2.75) is 36.5 Å². The number of nitrogens with one attached hydrogen (secondary N) is 2. The van der Waals surface area contributed by atoms with Gasteiger partial charge in [-0.15, -0.1) is 11.8 Å². The van der Waals surface area contributed by atoms with Crippen molar-refractivity contribution in [3.05, 3.63) is 22.2 Å². The zero-order valence-electron chi connectivity index (χ0n) is 11.6. The van der Waals surface area contributed by atoms with Crippen molar-refractivity contribution in [3.8, 4) is 0 Å². The van der Waals surface area contributed by atoms with Gasteiger partial charge in [0, 0.05) is 25.9 Å². The fraction of sp³-hybridized carbons (Fsp3) is 0.500. The van der Waals surface area contributed by atoms with Crippen LogP contribution in [0.3, 0.4) is 0 Å². The monoisotopic (exact) mass is 358 g/mol. The van der Waals surface area contributed by atoms with Gasteiger partial charge in [-0.05, 0) is 41.0 Å². The molecule has 0 bridgehead atoms. The van der Waals surface area contributed by atoms with Crippen LogP contribution >= 0.6 is 27.7 Å². The van der Waals surface area contributed by atoms with E-state index in [0.29, 0.717) is 0 Å². The number of thioether (sulfide) groups is 1. The number of anilines is 1. The maximum Gasteiger partial charge on any atom is 0.246 e. The van der Waals surface area contributed by atoms with Gasteiger partial charge in [0.05, 0.1) is 6.61 Å². The summed E-state index contributed by atoms with van der Waals surface area (Å²) in [6, 6.07) is 3.70. The third kappa shape index (κ3) is 3.36. The quantitative estimate of drug-likeness (QED) is 0.684. The topological polar surface area (TPSA) is 61.4 Å². The standard InChI is InChI=1S/C14H19BrN2O2S/c1-3-4-16-13-9-5-10(15)12(20-8(2)7-18)6-11(9)17-14(13)19/h5-6,8,13,16,18H,3-4,7H2,1-2H3,(H,17,19). The number of amides is 1. The zero-order chi connectivity index (χ0) is 14.7. The van der Waals surface area contributed by atoms with Gasteiger partial charge in [0.2, 0.25) is 5.91 Å². The Bertz CT molecular complexity index is 510. The molecule has 0 spiro atoms. The molecule has 0 fully saturated rings. The Kier molecular flexibility index (Phi) is 5.49. The van der Waals surface area contributed by atoms with E-state index in [1.54, 1.807) is 11.8 Å². The molecule has 1 heterocycles. The Balaban J connectivity index is 2.25. The molecule has 1 aromatic rings. The van der Waals surface area contributed by atoms with Crippen LogP contribution in [-0.4, -0.2) is 29.4 Å². The van der Waals surface area contributed by atoms with Crippen LogP contribution in [0.5, 0.6) is 0 Å². The van der Waals surface area contributed by atoms with Gasteiger partial charge in [0.1, 0.15) is 6.04 Å². The summed E-state index contributed by atoms with van der Waals surface area (Å²) in [4.78, 5) is 13.0. The number of carbonyl (C=O) groups is 1. The molecule has 1 aliphatic rings. The minimum atomic E-state index is -0.268. The van der Waals surface area contributed by atoms with E-state index in [2.05, 4.69) is 33.5 Å². The van der Waals surface area contributed by atoms with Gasteiger partial charge in [0.25, 0.3) is 0 Å². The van der Waals surface area contributed by atoms with Crippen LogP contribution in [0.1, 0.15) is 31.9 Å². The van der Waals surface area contributed by atoms with Crippen LogP contribution in [0.15, 0.2) is 21.5 Å². The molecule has 0 saturated carbocycles. The average molecular weight is 359 g/mol. The fourth-order valence-corrected chi connectivity index (χ4v) is 3.60.